The lowest BCUT2D eigenvalue weighted by Gasteiger charge is -2.15. The molecule has 1 aliphatic heterocycles. The van der Waals surface area contributed by atoms with Gasteiger partial charge in [-0.25, -0.2) is 9.36 Å². The highest BCUT2D eigenvalue weighted by Gasteiger charge is 2.30. The Morgan fingerprint density at radius 1 is 1.09 bits per heavy atom. The number of H-pyrrole nitrogens is 1. The van der Waals surface area contributed by atoms with Crippen LogP contribution in [0.5, 0.6) is 5.88 Å². The van der Waals surface area contributed by atoms with Gasteiger partial charge in [-0.05, 0) is 68.0 Å². The van der Waals surface area contributed by atoms with Crippen molar-refractivity contribution in [1.82, 2.24) is 9.55 Å². The van der Waals surface area contributed by atoms with Crippen molar-refractivity contribution in [2.45, 2.75) is 13.8 Å². The van der Waals surface area contributed by atoms with E-state index in [9.17, 15) is 19.5 Å². The van der Waals surface area contributed by atoms with E-state index in [0.717, 1.165) is 14.6 Å². The van der Waals surface area contributed by atoms with Crippen LogP contribution in [0.1, 0.15) is 18.1 Å². The number of benzene rings is 2. The van der Waals surface area contributed by atoms with E-state index < -0.39 is 23.0 Å². The first-order chi connectivity index (χ1) is 15.2. The summed E-state index contributed by atoms with van der Waals surface area (Å²) < 4.78 is 1.79. The Morgan fingerprint density at radius 3 is 2.44 bits per heavy atom. The summed E-state index contributed by atoms with van der Waals surface area (Å²) in [5, 5.41) is 16.8. The molecule has 0 radical (unpaired) electrons. The smallest absolute Gasteiger partial charge is 0.335 e. The third-order valence-corrected chi connectivity index (χ3v) is 5.69. The van der Waals surface area contributed by atoms with E-state index in [4.69, 9.17) is 11.6 Å². The average Bonchev–Trinajstić information content (AvgIpc) is 3.00. The van der Waals surface area contributed by atoms with Gasteiger partial charge in [-0.3, -0.25) is 14.6 Å². The molecule has 2 N–H and O–H groups in total. The molecular formula is C22H16BrClN4O4. The summed E-state index contributed by atoms with van der Waals surface area (Å²) in [5.74, 6) is -1.07. The summed E-state index contributed by atoms with van der Waals surface area (Å²) in [6.07, 6.45) is 1.23. The van der Waals surface area contributed by atoms with Crippen LogP contribution < -0.4 is 16.3 Å². The molecule has 32 heavy (non-hydrogen) atoms. The first-order valence-electron chi connectivity index (χ1n) is 9.39. The van der Waals surface area contributed by atoms with Crippen LogP contribution >= 0.6 is 27.5 Å². The normalized spacial score (nSPS) is 14.9. The zero-order chi connectivity index (χ0) is 23.2. The molecule has 8 nitrogen and oxygen atoms in total. The number of carbonyl (C=O) groups excluding carboxylic acids is 1. The van der Waals surface area contributed by atoms with Gasteiger partial charge in [0.05, 0.1) is 22.7 Å². The fourth-order valence-electron chi connectivity index (χ4n) is 3.35. The van der Waals surface area contributed by atoms with Crippen LogP contribution in [0.2, 0.25) is 5.02 Å². The molecule has 0 aliphatic carbocycles. The second kappa shape index (κ2) is 8.25. The number of hydrogen-bond acceptors (Lipinski definition) is 5. The number of aromatic hydroxyl groups is 1. The monoisotopic (exact) mass is 514 g/mol. The molecule has 0 saturated heterocycles. The number of nitrogens with zero attached hydrogens (tertiary/aromatic N) is 3. The highest BCUT2D eigenvalue weighted by molar-refractivity contribution is 9.10. The van der Waals surface area contributed by atoms with E-state index in [0.29, 0.717) is 22.1 Å². The Balaban J connectivity index is 1.82. The van der Waals surface area contributed by atoms with E-state index in [1.54, 1.807) is 31.2 Å². The quantitative estimate of drug-likeness (QED) is 0.518. The number of rotatable bonds is 3. The maximum Gasteiger partial charge on any atom is 0.335 e. The van der Waals surface area contributed by atoms with Crippen LogP contribution in [-0.4, -0.2) is 26.3 Å². The molecular weight excluding hydrogens is 500 g/mol. The van der Waals surface area contributed by atoms with E-state index in [1.165, 1.54) is 23.2 Å². The first kappa shape index (κ1) is 21.8. The zero-order valence-corrected chi connectivity index (χ0v) is 19.2. The molecule has 10 heteroatoms. The predicted octanol–water partition coefficient (Wildman–Crippen LogP) is 3.76. The number of anilines is 1. The fraction of sp³-hybridized carbons (Fsp3) is 0.0909. The van der Waals surface area contributed by atoms with Gasteiger partial charge in [-0.15, -0.1) is 0 Å². The van der Waals surface area contributed by atoms with Crippen LogP contribution in [0.25, 0.3) is 11.8 Å². The third-order valence-electron chi connectivity index (χ3n) is 4.94. The summed E-state index contributed by atoms with van der Waals surface area (Å²) in [6, 6.07) is 11.5. The average molecular weight is 516 g/mol. The molecule has 162 valence electrons. The maximum atomic E-state index is 13.1. The van der Waals surface area contributed by atoms with Crippen LogP contribution in [-0.2, 0) is 4.79 Å². The number of carbonyl (C=O) groups is 1. The molecule has 0 fully saturated rings. The number of hydrogen-bond donors (Lipinski definition) is 2. The lowest BCUT2D eigenvalue weighted by atomic mass is 10.1. The molecule has 4 rings (SSSR count). The summed E-state index contributed by atoms with van der Waals surface area (Å²) in [5.41, 5.74) is 0.286. The van der Waals surface area contributed by atoms with Crippen molar-refractivity contribution in [3.05, 3.63) is 89.5 Å². The van der Waals surface area contributed by atoms with Gasteiger partial charge in [0.15, 0.2) is 0 Å². The standard InChI is InChI=1S/C22H16BrClN4O4/c1-11-9-13(23)3-8-18(11)28-21(31)16(12(2)26-28)10-17-19(29)25-22(32)27(20(17)30)15-6-4-14(24)5-7-15/h3-10,30H,1-2H3,(H,25,29,32)/b16-10-. The summed E-state index contributed by atoms with van der Waals surface area (Å²) >= 11 is 9.28. The van der Waals surface area contributed by atoms with Gasteiger partial charge in [0.25, 0.3) is 11.5 Å². The molecule has 3 aromatic rings. The third kappa shape index (κ3) is 3.80. The minimum absolute atomic E-state index is 0.120. The molecule has 1 aliphatic rings. The van der Waals surface area contributed by atoms with Gasteiger partial charge >= 0.3 is 5.69 Å². The van der Waals surface area contributed by atoms with Gasteiger partial charge in [-0.1, -0.05) is 27.5 Å². The van der Waals surface area contributed by atoms with Gasteiger partial charge < -0.3 is 5.11 Å². The van der Waals surface area contributed by atoms with Crippen LogP contribution in [0.4, 0.5) is 5.69 Å². The predicted molar refractivity (Wildman–Crippen MR) is 127 cm³/mol. The number of amides is 1. The van der Waals surface area contributed by atoms with Crippen molar-refractivity contribution < 1.29 is 9.90 Å². The van der Waals surface area contributed by atoms with Crippen molar-refractivity contribution in [2.24, 2.45) is 5.10 Å². The Kier molecular flexibility index (Phi) is 5.62. The van der Waals surface area contributed by atoms with Crippen LogP contribution in [0, 0.1) is 6.92 Å². The lowest BCUT2D eigenvalue weighted by Crippen LogP contribution is -2.30. The zero-order valence-electron chi connectivity index (χ0n) is 16.9. The molecule has 1 amide bonds. The minimum Gasteiger partial charge on any atom is -0.494 e. The van der Waals surface area contributed by atoms with E-state index in [1.807, 2.05) is 13.0 Å². The van der Waals surface area contributed by atoms with Crippen molar-refractivity contribution in [3.8, 4) is 11.6 Å². The number of nitrogens with one attached hydrogen (secondary N) is 1. The number of aryl methyl sites for hydroxylation is 1. The molecule has 1 aromatic heterocycles. The number of hydrazone groups is 1. The SMILES string of the molecule is CC1=NN(c2ccc(Br)cc2C)C(=O)/C1=C\c1c(O)n(-c2ccc(Cl)cc2)c(=O)[nH]c1=O. The van der Waals surface area contributed by atoms with Gasteiger partial charge in [0, 0.05) is 9.50 Å². The second-order valence-electron chi connectivity index (χ2n) is 7.10. The van der Waals surface area contributed by atoms with E-state index in [-0.39, 0.29) is 11.1 Å². The number of aromatic nitrogens is 2. The minimum atomic E-state index is -0.830. The van der Waals surface area contributed by atoms with Crippen LogP contribution in [0.15, 0.2) is 67.2 Å². The Hall–Kier alpha value is -3.43. The molecule has 2 heterocycles. The molecule has 0 atom stereocenters. The lowest BCUT2D eigenvalue weighted by molar-refractivity contribution is -0.114. The molecule has 2 aromatic carbocycles. The maximum absolute atomic E-state index is 13.1. The molecule has 0 saturated carbocycles. The van der Waals surface area contributed by atoms with E-state index in [2.05, 4.69) is 26.0 Å². The van der Waals surface area contributed by atoms with Crippen molar-refractivity contribution in [3.63, 3.8) is 0 Å². The Bertz CT molecular complexity index is 1440. The highest BCUT2D eigenvalue weighted by Crippen LogP contribution is 2.30. The number of aromatic amines is 1. The highest BCUT2D eigenvalue weighted by atomic mass is 79.9. The van der Waals surface area contributed by atoms with Crippen molar-refractivity contribution in [1.29, 1.82) is 0 Å². The summed E-state index contributed by atoms with van der Waals surface area (Å²) in [6.45, 7) is 3.47. The Morgan fingerprint density at radius 2 is 1.78 bits per heavy atom. The van der Waals surface area contributed by atoms with Gasteiger partial charge in [-0.2, -0.15) is 10.1 Å². The van der Waals surface area contributed by atoms with Crippen LogP contribution in [0.3, 0.4) is 0 Å². The van der Waals surface area contributed by atoms with Crippen molar-refractivity contribution in [2.75, 3.05) is 5.01 Å². The topological polar surface area (TPSA) is 108 Å². The van der Waals surface area contributed by atoms with Crippen molar-refractivity contribution >= 4 is 50.9 Å². The first-order valence-corrected chi connectivity index (χ1v) is 10.6. The molecule has 0 unspecified atom stereocenters. The second-order valence-corrected chi connectivity index (χ2v) is 8.45. The van der Waals surface area contributed by atoms with E-state index >= 15 is 0 Å². The van der Waals surface area contributed by atoms with Gasteiger partial charge in [0.2, 0.25) is 5.88 Å². The fourth-order valence-corrected chi connectivity index (χ4v) is 3.95. The van der Waals surface area contributed by atoms with Gasteiger partial charge in [0.1, 0.15) is 5.56 Å². The summed E-state index contributed by atoms with van der Waals surface area (Å²) in [7, 11) is 0. The Labute approximate surface area is 195 Å². The molecule has 0 spiro atoms. The molecule has 0 bridgehead atoms. The number of halogens is 2. The largest absolute Gasteiger partial charge is 0.494 e. The summed E-state index contributed by atoms with van der Waals surface area (Å²) in [4.78, 5) is 40.1.